The molecule has 15 heavy (non-hydrogen) atoms. The van der Waals surface area contributed by atoms with Gasteiger partial charge in [-0.15, -0.1) is 0 Å². The van der Waals surface area contributed by atoms with Crippen molar-refractivity contribution in [2.75, 3.05) is 13.1 Å². The van der Waals surface area contributed by atoms with Gasteiger partial charge in [-0.2, -0.15) is 0 Å². The Bertz CT molecular complexity index is 237. The van der Waals surface area contributed by atoms with E-state index in [1.54, 1.807) is 6.92 Å². The summed E-state index contributed by atoms with van der Waals surface area (Å²) in [6.07, 6.45) is 2.27. The molecule has 1 fully saturated rings. The van der Waals surface area contributed by atoms with Gasteiger partial charge in [-0.05, 0) is 26.3 Å². The van der Waals surface area contributed by atoms with Gasteiger partial charge in [0.1, 0.15) is 6.04 Å². The zero-order valence-corrected chi connectivity index (χ0v) is 9.30. The SMILES string of the molecule is CC(=O)NC(C)C(=O)NCC1CCCN1. The number of rotatable bonds is 4. The molecule has 2 unspecified atom stereocenters. The summed E-state index contributed by atoms with van der Waals surface area (Å²) in [5, 5.41) is 8.65. The van der Waals surface area contributed by atoms with E-state index in [4.69, 9.17) is 0 Å². The standard InChI is InChI=1S/C10H19N3O2/c1-7(13-8(2)14)10(15)12-6-9-4-3-5-11-9/h7,9,11H,3-6H2,1-2H3,(H,12,15)(H,13,14). The van der Waals surface area contributed by atoms with Crippen molar-refractivity contribution in [3.63, 3.8) is 0 Å². The Hall–Kier alpha value is -1.10. The van der Waals surface area contributed by atoms with Crippen LogP contribution in [-0.2, 0) is 9.59 Å². The summed E-state index contributed by atoms with van der Waals surface area (Å²) in [7, 11) is 0. The molecule has 2 atom stereocenters. The maximum Gasteiger partial charge on any atom is 0.242 e. The highest BCUT2D eigenvalue weighted by Gasteiger charge is 2.17. The van der Waals surface area contributed by atoms with Crippen LogP contribution >= 0.6 is 0 Å². The lowest BCUT2D eigenvalue weighted by molar-refractivity contribution is -0.127. The summed E-state index contributed by atoms with van der Waals surface area (Å²) in [6, 6.07) is -0.0672. The lowest BCUT2D eigenvalue weighted by atomic mass is 10.2. The molecule has 0 aromatic carbocycles. The largest absolute Gasteiger partial charge is 0.353 e. The van der Waals surface area contributed by atoms with E-state index in [9.17, 15) is 9.59 Å². The third-order valence-electron chi connectivity index (χ3n) is 2.50. The van der Waals surface area contributed by atoms with Crippen LogP contribution in [0, 0.1) is 0 Å². The van der Waals surface area contributed by atoms with Crippen LogP contribution in [-0.4, -0.2) is 37.0 Å². The third-order valence-corrected chi connectivity index (χ3v) is 2.50. The minimum atomic E-state index is -0.455. The average Bonchev–Trinajstić information content (AvgIpc) is 2.65. The number of hydrogen-bond acceptors (Lipinski definition) is 3. The van der Waals surface area contributed by atoms with E-state index in [-0.39, 0.29) is 11.8 Å². The summed E-state index contributed by atoms with van der Waals surface area (Å²) in [5.74, 6) is -0.310. The van der Waals surface area contributed by atoms with Crippen LogP contribution in [0.2, 0.25) is 0 Å². The molecule has 5 heteroatoms. The molecule has 0 aromatic heterocycles. The van der Waals surface area contributed by atoms with E-state index in [1.165, 1.54) is 13.3 Å². The highest BCUT2D eigenvalue weighted by atomic mass is 16.2. The fourth-order valence-corrected chi connectivity index (χ4v) is 1.68. The zero-order chi connectivity index (χ0) is 11.3. The first kappa shape index (κ1) is 12.0. The zero-order valence-electron chi connectivity index (χ0n) is 9.30. The van der Waals surface area contributed by atoms with Crippen molar-refractivity contribution >= 4 is 11.8 Å². The first-order chi connectivity index (χ1) is 7.09. The van der Waals surface area contributed by atoms with E-state index in [0.717, 1.165) is 13.0 Å². The molecule has 1 aliphatic rings. The van der Waals surface area contributed by atoms with Crippen molar-refractivity contribution in [3.8, 4) is 0 Å². The second-order valence-electron chi connectivity index (χ2n) is 3.96. The number of nitrogens with one attached hydrogen (secondary N) is 3. The quantitative estimate of drug-likeness (QED) is 0.583. The fourth-order valence-electron chi connectivity index (χ4n) is 1.68. The van der Waals surface area contributed by atoms with Crippen molar-refractivity contribution in [2.24, 2.45) is 0 Å². The third kappa shape index (κ3) is 4.29. The first-order valence-electron chi connectivity index (χ1n) is 5.38. The van der Waals surface area contributed by atoms with Gasteiger partial charge < -0.3 is 16.0 Å². The molecule has 1 rings (SSSR count). The average molecular weight is 213 g/mol. The van der Waals surface area contributed by atoms with Crippen LogP contribution in [0.15, 0.2) is 0 Å². The number of carbonyl (C=O) groups is 2. The summed E-state index contributed by atoms with van der Waals surface area (Å²) < 4.78 is 0. The van der Waals surface area contributed by atoms with Crippen LogP contribution < -0.4 is 16.0 Å². The second-order valence-corrected chi connectivity index (χ2v) is 3.96. The van der Waals surface area contributed by atoms with E-state index < -0.39 is 6.04 Å². The summed E-state index contributed by atoms with van der Waals surface area (Å²) in [4.78, 5) is 22.2. The Morgan fingerprint density at radius 3 is 2.80 bits per heavy atom. The highest BCUT2D eigenvalue weighted by molar-refractivity contribution is 5.86. The van der Waals surface area contributed by atoms with Crippen LogP contribution in [0.4, 0.5) is 0 Å². The second kappa shape index (κ2) is 5.70. The van der Waals surface area contributed by atoms with Gasteiger partial charge in [0.15, 0.2) is 0 Å². The molecular formula is C10H19N3O2. The van der Waals surface area contributed by atoms with Crippen LogP contribution in [0.1, 0.15) is 26.7 Å². The lowest BCUT2D eigenvalue weighted by Crippen LogP contribution is -2.47. The molecule has 0 bridgehead atoms. The Labute approximate surface area is 90.0 Å². The van der Waals surface area contributed by atoms with Gasteiger partial charge in [0.05, 0.1) is 0 Å². The number of hydrogen-bond donors (Lipinski definition) is 3. The maximum atomic E-state index is 11.5. The Balaban J connectivity index is 2.19. The van der Waals surface area contributed by atoms with Crippen LogP contribution in [0.25, 0.3) is 0 Å². The predicted molar refractivity (Wildman–Crippen MR) is 57.3 cm³/mol. The van der Waals surface area contributed by atoms with Crippen molar-refractivity contribution in [2.45, 2.75) is 38.8 Å². The van der Waals surface area contributed by atoms with Gasteiger partial charge in [0, 0.05) is 19.5 Å². The molecule has 1 aliphatic heterocycles. The first-order valence-corrected chi connectivity index (χ1v) is 5.38. The monoisotopic (exact) mass is 213 g/mol. The number of amides is 2. The van der Waals surface area contributed by atoms with Crippen LogP contribution in [0.3, 0.4) is 0 Å². The van der Waals surface area contributed by atoms with E-state index >= 15 is 0 Å². The molecule has 0 saturated carbocycles. The van der Waals surface area contributed by atoms with Gasteiger partial charge in [-0.1, -0.05) is 0 Å². The molecule has 2 amide bonds. The van der Waals surface area contributed by atoms with E-state index in [0.29, 0.717) is 12.6 Å². The van der Waals surface area contributed by atoms with Crippen LogP contribution in [0.5, 0.6) is 0 Å². The smallest absolute Gasteiger partial charge is 0.242 e. The molecule has 1 saturated heterocycles. The minimum Gasteiger partial charge on any atom is -0.353 e. The maximum absolute atomic E-state index is 11.5. The van der Waals surface area contributed by atoms with Gasteiger partial charge in [-0.3, -0.25) is 9.59 Å². The van der Waals surface area contributed by atoms with Gasteiger partial charge in [-0.25, -0.2) is 0 Å². The summed E-state index contributed by atoms with van der Waals surface area (Å²) >= 11 is 0. The van der Waals surface area contributed by atoms with Crippen molar-refractivity contribution in [3.05, 3.63) is 0 Å². The Morgan fingerprint density at radius 2 is 2.27 bits per heavy atom. The van der Waals surface area contributed by atoms with Gasteiger partial charge in [0.2, 0.25) is 11.8 Å². The van der Waals surface area contributed by atoms with Gasteiger partial charge in [0.25, 0.3) is 0 Å². The molecule has 86 valence electrons. The molecule has 0 spiro atoms. The highest BCUT2D eigenvalue weighted by Crippen LogP contribution is 2.02. The molecule has 5 nitrogen and oxygen atoms in total. The fraction of sp³-hybridized carbons (Fsp3) is 0.800. The van der Waals surface area contributed by atoms with E-state index in [2.05, 4.69) is 16.0 Å². The summed E-state index contributed by atoms with van der Waals surface area (Å²) in [5.41, 5.74) is 0. The molecule has 3 N–H and O–H groups in total. The topological polar surface area (TPSA) is 70.2 Å². The van der Waals surface area contributed by atoms with E-state index in [1.807, 2.05) is 0 Å². The van der Waals surface area contributed by atoms with Gasteiger partial charge >= 0.3 is 0 Å². The normalized spacial score (nSPS) is 22.1. The lowest BCUT2D eigenvalue weighted by Gasteiger charge is -2.15. The van der Waals surface area contributed by atoms with Crippen molar-refractivity contribution in [1.29, 1.82) is 0 Å². The molecule has 0 aromatic rings. The molecule has 0 aliphatic carbocycles. The number of carbonyl (C=O) groups excluding carboxylic acids is 2. The Kier molecular flexibility index (Phi) is 4.55. The molecule has 1 heterocycles. The summed E-state index contributed by atoms with van der Waals surface area (Å²) in [6.45, 7) is 4.76. The molecular weight excluding hydrogens is 194 g/mol. The molecule has 0 radical (unpaired) electrons. The predicted octanol–water partition coefficient (Wildman–Crippen LogP) is -0.621. The minimum absolute atomic E-state index is 0.126. The van der Waals surface area contributed by atoms with Crippen molar-refractivity contribution in [1.82, 2.24) is 16.0 Å². The Morgan fingerprint density at radius 1 is 1.53 bits per heavy atom. The van der Waals surface area contributed by atoms with Crippen molar-refractivity contribution < 1.29 is 9.59 Å².